The zero-order chi connectivity index (χ0) is 12.3. The van der Waals surface area contributed by atoms with Crippen molar-refractivity contribution >= 4 is 5.69 Å². The molecule has 17 heavy (non-hydrogen) atoms. The van der Waals surface area contributed by atoms with E-state index in [0.717, 1.165) is 11.1 Å². The lowest BCUT2D eigenvalue weighted by Crippen LogP contribution is -1.98. The fourth-order valence-electron chi connectivity index (χ4n) is 1.67. The minimum absolute atomic E-state index is 0.548. The number of nitrogen functional groups attached to an aromatic ring is 1. The van der Waals surface area contributed by atoms with E-state index in [-0.39, 0.29) is 0 Å². The maximum atomic E-state index is 5.87. The summed E-state index contributed by atoms with van der Waals surface area (Å²) in [6.45, 7) is 0. The van der Waals surface area contributed by atoms with Gasteiger partial charge < -0.3 is 15.2 Å². The summed E-state index contributed by atoms with van der Waals surface area (Å²) in [4.78, 5) is 7.96. The minimum Gasteiger partial charge on any atom is -0.496 e. The lowest BCUT2D eigenvalue weighted by molar-refractivity contribution is 0.398. The van der Waals surface area contributed by atoms with Crippen LogP contribution < -0.4 is 15.2 Å². The molecule has 0 bridgehead atoms. The van der Waals surface area contributed by atoms with E-state index < -0.39 is 0 Å². The van der Waals surface area contributed by atoms with Gasteiger partial charge >= 0.3 is 0 Å². The fourth-order valence-corrected chi connectivity index (χ4v) is 1.67. The van der Waals surface area contributed by atoms with E-state index in [1.165, 1.54) is 6.33 Å². The van der Waals surface area contributed by atoms with Crippen molar-refractivity contribution < 1.29 is 9.47 Å². The molecule has 0 fully saturated rings. The SMILES string of the molecule is COc1ccc(N)c(OC)c1-c1cncnc1. The van der Waals surface area contributed by atoms with Crippen LogP contribution in [0.25, 0.3) is 11.1 Å². The summed E-state index contributed by atoms with van der Waals surface area (Å²) in [7, 11) is 3.16. The van der Waals surface area contributed by atoms with Gasteiger partial charge in [-0.25, -0.2) is 9.97 Å². The molecule has 5 nitrogen and oxygen atoms in total. The molecule has 0 unspecified atom stereocenters. The minimum atomic E-state index is 0.548. The Morgan fingerprint density at radius 1 is 1.06 bits per heavy atom. The van der Waals surface area contributed by atoms with Gasteiger partial charge in [-0.3, -0.25) is 0 Å². The second-order valence-corrected chi connectivity index (χ2v) is 3.39. The van der Waals surface area contributed by atoms with Crippen molar-refractivity contribution in [2.45, 2.75) is 0 Å². The van der Waals surface area contributed by atoms with Crippen molar-refractivity contribution in [3.05, 3.63) is 30.9 Å². The summed E-state index contributed by atoms with van der Waals surface area (Å²) in [6.07, 6.45) is 4.84. The van der Waals surface area contributed by atoms with E-state index in [4.69, 9.17) is 15.2 Å². The Bertz CT molecular complexity index is 515. The molecule has 0 atom stereocenters. The van der Waals surface area contributed by atoms with Crippen molar-refractivity contribution in [2.75, 3.05) is 20.0 Å². The number of rotatable bonds is 3. The first kappa shape index (κ1) is 11.2. The lowest BCUT2D eigenvalue weighted by Gasteiger charge is -2.14. The molecule has 0 spiro atoms. The summed E-state index contributed by atoms with van der Waals surface area (Å²) in [6, 6.07) is 3.53. The summed E-state index contributed by atoms with van der Waals surface area (Å²) in [5.41, 5.74) is 7.98. The van der Waals surface area contributed by atoms with Crippen molar-refractivity contribution in [2.24, 2.45) is 0 Å². The van der Waals surface area contributed by atoms with Crippen LogP contribution in [0, 0.1) is 0 Å². The average Bonchev–Trinajstić information content (AvgIpc) is 2.39. The molecule has 0 aliphatic carbocycles. The quantitative estimate of drug-likeness (QED) is 0.815. The summed E-state index contributed by atoms with van der Waals surface area (Å²) in [5.74, 6) is 1.24. The first-order chi connectivity index (χ1) is 8.27. The monoisotopic (exact) mass is 231 g/mol. The van der Waals surface area contributed by atoms with Gasteiger partial charge in [0, 0.05) is 18.0 Å². The van der Waals surface area contributed by atoms with Crippen molar-refractivity contribution in [1.29, 1.82) is 0 Å². The Morgan fingerprint density at radius 3 is 2.35 bits per heavy atom. The molecule has 1 aromatic carbocycles. The molecule has 0 saturated heterocycles. The number of anilines is 1. The van der Waals surface area contributed by atoms with Crippen molar-refractivity contribution in [3.63, 3.8) is 0 Å². The zero-order valence-corrected chi connectivity index (χ0v) is 9.68. The first-order valence-corrected chi connectivity index (χ1v) is 5.03. The molecule has 2 rings (SSSR count). The highest BCUT2D eigenvalue weighted by atomic mass is 16.5. The van der Waals surface area contributed by atoms with Gasteiger partial charge in [-0.1, -0.05) is 0 Å². The fraction of sp³-hybridized carbons (Fsp3) is 0.167. The molecule has 2 N–H and O–H groups in total. The Balaban J connectivity index is 2.69. The number of hydrogen-bond acceptors (Lipinski definition) is 5. The van der Waals surface area contributed by atoms with Gasteiger partial charge in [-0.05, 0) is 12.1 Å². The summed E-state index contributed by atoms with van der Waals surface area (Å²) < 4.78 is 10.6. The van der Waals surface area contributed by atoms with Crippen LogP contribution in [0.1, 0.15) is 0 Å². The largest absolute Gasteiger partial charge is 0.496 e. The predicted octanol–water partition coefficient (Wildman–Crippen LogP) is 1.74. The predicted molar refractivity (Wildman–Crippen MR) is 65.0 cm³/mol. The van der Waals surface area contributed by atoms with E-state index in [0.29, 0.717) is 17.2 Å². The molecule has 0 aliphatic rings. The maximum Gasteiger partial charge on any atom is 0.153 e. The number of aromatic nitrogens is 2. The maximum absolute atomic E-state index is 5.87. The Morgan fingerprint density at radius 2 is 1.76 bits per heavy atom. The van der Waals surface area contributed by atoms with Crippen molar-refractivity contribution in [3.8, 4) is 22.6 Å². The van der Waals surface area contributed by atoms with Gasteiger partial charge in [0.15, 0.2) is 5.75 Å². The van der Waals surface area contributed by atoms with Gasteiger partial charge in [-0.2, -0.15) is 0 Å². The van der Waals surface area contributed by atoms with E-state index >= 15 is 0 Å². The Labute approximate surface area is 99.2 Å². The molecule has 0 radical (unpaired) electrons. The van der Waals surface area contributed by atoms with E-state index in [1.54, 1.807) is 38.7 Å². The third-order valence-corrected chi connectivity index (χ3v) is 2.42. The van der Waals surface area contributed by atoms with Crippen LogP contribution >= 0.6 is 0 Å². The second kappa shape index (κ2) is 4.69. The van der Waals surface area contributed by atoms with Gasteiger partial charge in [-0.15, -0.1) is 0 Å². The van der Waals surface area contributed by atoms with Crippen LogP contribution in [0.2, 0.25) is 0 Å². The zero-order valence-electron chi connectivity index (χ0n) is 9.68. The molecule has 0 amide bonds. The molecule has 0 saturated carbocycles. The van der Waals surface area contributed by atoms with Crippen molar-refractivity contribution in [1.82, 2.24) is 9.97 Å². The standard InChI is InChI=1S/C12H13N3O2/c1-16-10-4-3-9(13)12(17-2)11(10)8-5-14-7-15-6-8/h3-7H,13H2,1-2H3. The summed E-state index contributed by atoms with van der Waals surface area (Å²) >= 11 is 0. The third-order valence-electron chi connectivity index (χ3n) is 2.42. The van der Waals surface area contributed by atoms with E-state index in [2.05, 4.69) is 9.97 Å². The Hall–Kier alpha value is -2.30. The van der Waals surface area contributed by atoms with Crippen LogP contribution in [0.4, 0.5) is 5.69 Å². The highest BCUT2D eigenvalue weighted by Gasteiger charge is 2.15. The smallest absolute Gasteiger partial charge is 0.153 e. The lowest BCUT2D eigenvalue weighted by atomic mass is 10.1. The number of ether oxygens (including phenoxy) is 2. The number of benzene rings is 1. The highest BCUT2D eigenvalue weighted by Crippen LogP contribution is 2.41. The first-order valence-electron chi connectivity index (χ1n) is 5.03. The van der Waals surface area contributed by atoms with Gasteiger partial charge in [0.1, 0.15) is 12.1 Å². The molecular formula is C12H13N3O2. The molecule has 0 aliphatic heterocycles. The third kappa shape index (κ3) is 1.99. The molecule has 1 heterocycles. The summed E-state index contributed by atoms with van der Waals surface area (Å²) in [5, 5.41) is 0. The number of nitrogens with two attached hydrogens (primary N) is 1. The molecule has 5 heteroatoms. The molecular weight excluding hydrogens is 218 g/mol. The van der Waals surface area contributed by atoms with Crippen LogP contribution in [0.15, 0.2) is 30.9 Å². The molecule has 1 aromatic heterocycles. The Kier molecular flexibility index (Phi) is 3.09. The number of nitrogens with zero attached hydrogens (tertiary/aromatic N) is 2. The number of hydrogen-bond donors (Lipinski definition) is 1. The number of methoxy groups -OCH3 is 2. The molecule has 88 valence electrons. The van der Waals surface area contributed by atoms with Gasteiger partial charge in [0.25, 0.3) is 0 Å². The van der Waals surface area contributed by atoms with Gasteiger partial charge in [0.05, 0.1) is 25.5 Å². The normalized spacial score (nSPS) is 10.0. The van der Waals surface area contributed by atoms with E-state index in [9.17, 15) is 0 Å². The average molecular weight is 231 g/mol. The van der Waals surface area contributed by atoms with E-state index in [1.807, 2.05) is 0 Å². The topological polar surface area (TPSA) is 70.3 Å². The van der Waals surface area contributed by atoms with Crippen LogP contribution in [-0.4, -0.2) is 24.2 Å². The molecule has 2 aromatic rings. The van der Waals surface area contributed by atoms with Crippen LogP contribution in [0.5, 0.6) is 11.5 Å². The second-order valence-electron chi connectivity index (χ2n) is 3.39. The van der Waals surface area contributed by atoms with Crippen LogP contribution in [0.3, 0.4) is 0 Å². The van der Waals surface area contributed by atoms with Gasteiger partial charge in [0.2, 0.25) is 0 Å². The van der Waals surface area contributed by atoms with Crippen LogP contribution in [-0.2, 0) is 0 Å². The highest BCUT2D eigenvalue weighted by molar-refractivity contribution is 5.81.